The Balaban J connectivity index is 0.00000189. The molecule has 6 heteroatoms. The number of hydrogen-bond acceptors (Lipinski definition) is 6. The lowest BCUT2D eigenvalue weighted by molar-refractivity contribution is -0.142. The van der Waals surface area contributed by atoms with Gasteiger partial charge in [0.2, 0.25) is 0 Å². The molecule has 0 aromatic heterocycles. The van der Waals surface area contributed by atoms with Crippen molar-refractivity contribution >= 4 is 5.97 Å². The van der Waals surface area contributed by atoms with E-state index in [4.69, 9.17) is 24.7 Å². The fraction of sp³-hybridized carbons (Fsp3) is 0.741. The summed E-state index contributed by atoms with van der Waals surface area (Å²) >= 11 is 0. The molecule has 0 radical (unpaired) electrons. The van der Waals surface area contributed by atoms with Crippen molar-refractivity contribution in [3.05, 3.63) is 23.8 Å². The van der Waals surface area contributed by atoms with Gasteiger partial charge in [0.05, 0.1) is 13.7 Å². The summed E-state index contributed by atoms with van der Waals surface area (Å²) in [6.07, 6.45) is 4.85. The maximum atomic E-state index is 11.4. The summed E-state index contributed by atoms with van der Waals surface area (Å²) in [7, 11) is 3.33. The predicted molar refractivity (Wildman–Crippen MR) is 136 cm³/mol. The average molecular weight is 468 g/mol. The molecule has 1 fully saturated rings. The van der Waals surface area contributed by atoms with E-state index in [1.54, 1.807) is 14.2 Å². The molecule has 0 spiro atoms. The molecule has 1 aliphatic heterocycles. The van der Waals surface area contributed by atoms with Gasteiger partial charge in [0.1, 0.15) is 6.10 Å². The van der Waals surface area contributed by atoms with E-state index in [9.17, 15) is 4.79 Å². The Bertz CT molecular complexity index is 635. The molecular formula is C27H49NO5. The first-order chi connectivity index (χ1) is 15.9. The van der Waals surface area contributed by atoms with Crippen LogP contribution >= 0.6 is 0 Å². The third-order valence-corrected chi connectivity index (χ3v) is 5.39. The summed E-state index contributed by atoms with van der Waals surface area (Å²) in [5.41, 5.74) is 7.56. The summed E-state index contributed by atoms with van der Waals surface area (Å²) in [6, 6.07) is 5.97. The SMILES string of the molecule is CC.CCC.COCCCOc1cc(CC(CC(N)C2CCC(=O)O2)C(C)C)ccc1OC. The molecule has 192 valence electrons. The molecule has 0 aliphatic carbocycles. The Morgan fingerprint density at radius 2 is 1.79 bits per heavy atom. The van der Waals surface area contributed by atoms with Crippen LogP contribution in [0.15, 0.2) is 18.2 Å². The van der Waals surface area contributed by atoms with E-state index in [2.05, 4.69) is 39.8 Å². The van der Waals surface area contributed by atoms with Gasteiger partial charge in [0.25, 0.3) is 0 Å². The van der Waals surface area contributed by atoms with E-state index in [1.807, 2.05) is 19.9 Å². The molecule has 1 aliphatic rings. The van der Waals surface area contributed by atoms with E-state index in [-0.39, 0.29) is 18.1 Å². The number of rotatable bonds is 12. The molecule has 0 saturated carbocycles. The highest BCUT2D eigenvalue weighted by Gasteiger charge is 2.31. The Morgan fingerprint density at radius 3 is 2.30 bits per heavy atom. The lowest BCUT2D eigenvalue weighted by atomic mass is 9.83. The Hall–Kier alpha value is -1.79. The second-order valence-corrected chi connectivity index (χ2v) is 8.56. The first-order valence-corrected chi connectivity index (χ1v) is 12.6. The lowest BCUT2D eigenvalue weighted by Gasteiger charge is -2.27. The molecule has 1 saturated heterocycles. The van der Waals surface area contributed by atoms with Gasteiger partial charge in [-0.15, -0.1) is 0 Å². The molecule has 1 aromatic rings. The maximum absolute atomic E-state index is 11.4. The van der Waals surface area contributed by atoms with Gasteiger partial charge in [0.15, 0.2) is 11.5 Å². The van der Waals surface area contributed by atoms with Crippen LogP contribution in [-0.4, -0.2) is 45.5 Å². The number of ether oxygens (including phenoxy) is 4. The highest BCUT2D eigenvalue weighted by Crippen LogP contribution is 2.32. The molecule has 3 unspecified atom stereocenters. The molecular weight excluding hydrogens is 418 g/mol. The number of esters is 1. The monoisotopic (exact) mass is 467 g/mol. The number of hydrogen-bond donors (Lipinski definition) is 1. The second-order valence-electron chi connectivity index (χ2n) is 8.56. The van der Waals surface area contributed by atoms with Crippen molar-refractivity contribution in [3.63, 3.8) is 0 Å². The molecule has 1 heterocycles. The highest BCUT2D eigenvalue weighted by atomic mass is 16.6. The average Bonchev–Trinajstić information content (AvgIpc) is 3.24. The molecule has 0 amide bonds. The normalized spacial score (nSPS) is 16.7. The van der Waals surface area contributed by atoms with Gasteiger partial charge in [-0.2, -0.15) is 0 Å². The molecule has 6 nitrogen and oxygen atoms in total. The number of nitrogens with two attached hydrogens (primary N) is 1. The van der Waals surface area contributed by atoms with Crippen LogP contribution in [0.25, 0.3) is 0 Å². The van der Waals surface area contributed by atoms with E-state index in [0.29, 0.717) is 31.5 Å². The van der Waals surface area contributed by atoms with E-state index in [0.717, 1.165) is 37.2 Å². The van der Waals surface area contributed by atoms with Crippen molar-refractivity contribution in [2.75, 3.05) is 27.4 Å². The summed E-state index contributed by atoms with van der Waals surface area (Å²) in [6.45, 7) is 13.9. The number of benzene rings is 1. The van der Waals surface area contributed by atoms with Gasteiger partial charge in [0, 0.05) is 32.6 Å². The first kappa shape index (κ1) is 31.2. The number of carbonyl (C=O) groups is 1. The van der Waals surface area contributed by atoms with Crippen molar-refractivity contribution in [3.8, 4) is 11.5 Å². The minimum absolute atomic E-state index is 0.123. The van der Waals surface area contributed by atoms with Crippen molar-refractivity contribution in [2.45, 2.75) is 92.2 Å². The number of methoxy groups -OCH3 is 2. The van der Waals surface area contributed by atoms with Crippen LogP contribution in [0.2, 0.25) is 0 Å². The minimum atomic E-state index is -0.149. The zero-order valence-corrected chi connectivity index (χ0v) is 22.3. The van der Waals surface area contributed by atoms with Gasteiger partial charge < -0.3 is 24.7 Å². The van der Waals surface area contributed by atoms with Gasteiger partial charge >= 0.3 is 5.97 Å². The van der Waals surface area contributed by atoms with Crippen molar-refractivity contribution in [2.24, 2.45) is 17.6 Å². The summed E-state index contributed by atoms with van der Waals surface area (Å²) < 4.78 is 21.8. The van der Waals surface area contributed by atoms with Crippen LogP contribution in [0.4, 0.5) is 0 Å². The smallest absolute Gasteiger partial charge is 0.306 e. The molecule has 0 bridgehead atoms. The second kappa shape index (κ2) is 18.6. The van der Waals surface area contributed by atoms with E-state index >= 15 is 0 Å². The van der Waals surface area contributed by atoms with Crippen molar-refractivity contribution in [1.82, 2.24) is 0 Å². The molecule has 1 aromatic carbocycles. The van der Waals surface area contributed by atoms with Crippen LogP contribution in [0.5, 0.6) is 11.5 Å². The van der Waals surface area contributed by atoms with Gasteiger partial charge in [-0.25, -0.2) is 0 Å². The minimum Gasteiger partial charge on any atom is -0.493 e. The largest absolute Gasteiger partial charge is 0.493 e. The van der Waals surface area contributed by atoms with Gasteiger partial charge in [-0.05, 0) is 48.8 Å². The number of cyclic esters (lactones) is 1. The molecule has 2 rings (SSSR count). The molecule has 33 heavy (non-hydrogen) atoms. The summed E-state index contributed by atoms with van der Waals surface area (Å²) in [4.78, 5) is 11.4. The summed E-state index contributed by atoms with van der Waals surface area (Å²) in [5.74, 6) is 2.22. The standard InChI is InChI=1S/C22H35NO5.C3H8.C2H6/c1-15(2)17(14-18(23)19-8-9-22(24)28-19)12-16-6-7-20(26-4)21(13-16)27-11-5-10-25-3;1-3-2;1-2/h6-7,13,15,17-19H,5,8-12,14,23H2,1-4H3;3H2,1-2H3;1-2H3. The van der Waals surface area contributed by atoms with Gasteiger partial charge in [-0.1, -0.05) is 54.0 Å². The van der Waals surface area contributed by atoms with Crippen LogP contribution in [0, 0.1) is 11.8 Å². The lowest BCUT2D eigenvalue weighted by Crippen LogP contribution is -2.37. The fourth-order valence-corrected chi connectivity index (χ4v) is 3.59. The van der Waals surface area contributed by atoms with Crippen molar-refractivity contribution in [1.29, 1.82) is 0 Å². The maximum Gasteiger partial charge on any atom is 0.306 e. The third-order valence-electron chi connectivity index (χ3n) is 5.39. The van der Waals surface area contributed by atoms with Gasteiger partial charge in [-0.3, -0.25) is 4.79 Å². The Kier molecular flexibility index (Phi) is 17.6. The molecule has 3 atom stereocenters. The van der Waals surface area contributed by atoms with Crippen LogP contribution < -0.4 is 15.2 Å². The van der Waals surface area contributed by atoms with Crippen LogP contribution in [0.3, 0.4) is 0 Å². The predicted octanol–water partition coefficient (Wildman–Crippen LogP) is 5.79. The number of carbonyl (C=O) groups excluding carboxylic acids is 1. The first-order valence-electron chi connectivity index (χ1n) is 12.6. The zero-order chi connectivity index (χ0) is 25.2. The van der Waals surface area contributed by atoms with Crippen LogP contribution in [0.1, 0.15) is 79.2 Å². The Labute approximate surface area is 202 Å². The summed E-state index contributed by atoms with van der Waals surface area (Å²) in [5, 5.41) is 0. The van der Waals surface area contributed by atoms with Crippen LogP contribution in [-0.2, 0) is 20.7 Å². The van der Waals surface area contributed by atoms with E-state index in [1.165, 1.54) is 12.0 Å². The quantitative estimate of drug-likeness (QED) is 0.309. The highest BCUT2D eigenvalue weighted by molar-refractivity contribution is 5.71. The fourth-order valence-electron chi connectivity index (χ4n) is 3.59. The molecule has 2 N–H and O–H groups in total. The Morgan fingerprint density at radius 1 is 1.12 bits per heavy atom. The van der Waals surface area contributed by atoms with E-state index < -0.39 is 0 Å². The zero-order valence-electron chi connectivity index (χ0n) is 22.3. The third kappa shape index (κ3) is 12.3. The topological polar surface area (TPSA) is 80.0 Å². The van der Waals surface area contributed by atoms with Crippen molar-refractivity contribution < 1.29 is 23.7 Å².